The molecule has 2 unspecified atom stereocenters. The number of amides is 1. The van der Waals surface area contributed by atoms with Crippen LogP contribution in [0.4, 0.5) is 0 Å². The van der Waals surface area contributed by atoms with Gasteiger partial charge in [0.15, 0.2) is 0 Å². The highest BCUT2D eigenvalue weighted by atomic mass is 35.5. The Morgan fingerprint density at radius 1 is 1.04 bits per heavy atom. The Labute approximate surface area is 167 Å². The van der Waals surface area contributed by atoms with Gasteiger partial charge in [0.2, 0.25) is 0 Å². The van der Waals surface area contributed by atoms with Crippen LogP contribution in [0.15, 0.2) is 42.5 Å². The van der Waals surface area contributed by atoms with Gasteiger partial charge in [-0.05, 0) is 42.2 Å². The number of hydrogen-bond acceptors (Lipinski definition) is 3. The summed E-state index contributed by atoms with van der Waals surface area (Å²) in [6.45, 7) is 1.42. The SMILES string of the molecule is O=C(O)C1c2ccccc2C(=O)N(N2CCCC2)C1c1ccc(Cl)cc1Cl. The summed E-state index contributed by atoms with van der Waals surface area (Å²) in [6, 6.07) is 11.2. The summed E-state index contributed by atoms with van der Waals surface area (Å²) in [5, 5.41) is 14.5. The molecule has 2 aromatic carbocycles. The topological polar surface area (TPSA) is 60.9 Å². The van der Waals surface area contributed by atoms with E-state index in [1.54, 1.807) is 47.5 Å². The molecule has 1 N–H and O–H groups in total. The summed E-state index contributed by atoms with van der Waals surface area (Å²) in [5.41, 5.74) is 1.53. The fourth-order valence-electron chi connectivity index (χ4n) is 4.07. The van der Waals surface area contributed by atoms with Crippen LogP contribution in [-0.2, 0) is 4.79 Å². The van der Waals surface area contributed by atoms with Crippen LogP contribution in [0, 0.1) is 0 Å². The van der Waals surface area contributed by atoms with E-state index in [1.807, 2.05) is 5.01 Å². The van der Waals surface area contributed by atoms with Gasteiger partial charge < -0.3 is 5.11 Å². The number of benzene rings is 2. The molecule has 2 aromatic rings. The highest BCUT2D eigenvalue weighted by molar-refractivity contribution is 6.35. The van der Waals surface area contributed by atoms with E-state index in [0.717, 1.165) is 12.8 Å². The minimum absolute atomic E-state index is 0.194. The standard InChI is InChI=1S/C20H18Cl2N2O3/c21-12-7-8-15(16(22)11-12)18-17(20(26)27)13-5-1-2-6-14(13)19(25)24(18)23-9-3-4-10-23/h1-2,5-8,11,17-18H,3-4,9-10H2,(H,26,27). The lowest BCUT2D eigenvalue weighted by atomic mass is 9.80. The summed E-state index contributed by atoms with van der Waals surface area (Å²) in [7, 11) is 0. The molecule has 0 bridgehead atoms. The van der Waals surface area contributed by atoms with Gasteiger partial charge in [-0.1, -0.05) is 47.5 Å². The maximum Gasteiger partial charge on any atom is 0.313 e. The molecule has 0 aliphatic carbocycles. The third kappa shape index (κ3) is 3.10. The van der Waals surface area contributed by atoms with Crippen molar-refractivity contribution in [3.8, 4) is 0 Å². The first kappa shape index (κ1) is 18.3. The number of halogens is 2. The van der Waals surface area contributed by atoms with E-state index in [9.17, 15) is 14.7 Å². The van der Waals surface area contributed by atoms with Crippen molar-refractivity contribution in [2.24, 2.45) is 0 Å². The smallest absolute Gasteiger partial charge is 0.313 e. The summed E-state index contributed by atoms with van der Waals surface area (Å²) < 4.78 is 0. The molecule has 5 nitrogen and oxygen atoms in total. The first-order chi connectivity index (χ1) is 13.0. The zero-order valence-corrected chi connectivity index (χ0v) is 16.0. The van der Waals surface area contributed by atoms with Crippen molar-refractivity contribution in [2.45, 2.75) is 24.8 Å². The van der Waals surface area contributed by atoms with E-state index in [4.69, 9.17) is 23.2 Å². The van der Waals surface area contributed by atoms with Crippen LogP contribution in [0.2, 0.25) is 10.0 Å². The molecule has 7 heteroatoms. The number of aliphatic carboxylic acids is 1. The van der Waals surface area contributed by atoms with Crippen molar-refractivity contribution in [1.82, 2.24) is 10.0 Å². The first-order valence-electron chi connectivity index (χ1n) is 8.84. The van der Waals surface area contributed by atoms with E-state index < -0.39 is 17.9 Å². The van der Waals surface area contributed by atoms with Gasteiger partial charge in [0, 0.05) is 28.7 Å². The van der Waals surface area contributed by atoms with Crippen molar-refractivity contribution >= 4 is 35.1 Å². The fourth-order valence-corrected chi connectivity index (χ4v) is 4.59. The summed E-state index contributed by atoms with van der Waals surface area (Å²) >= 11 is 12.5. The molecule has 4 rings (SSSR count). The number of rotatable bonds is 3. The second kappa shape index (κ2) is 7.15. The lowest BCUT2D eigenvalue weighted by molar-refractivity contribution is -0.143. The van der Waals surface area contributed by atoms with Gasteiger partial charge in [-0.25, -0.2) is 5.01 Å². The maximum absolute atomic E-state index is 13.4. The van der Waals surface area contributed by atoms with Crippen molar-refractivity contribution < 1.29 is 14.7 Å². The number of fused-ring (bicyclic) bond motifs is 1. The molecule has 1 amide bonds. The highest BCUT2D eigenvalue weighted by Crippen LogP contribution is 2.46. The summed E-state index contributed by atoms with van der Waals surface area (Å²) in [4.78, 5) is 25.7. The minimum atomic E-state index is -0.991. The predicted molar refractivity (Wildman–Crippen MR) is 103 cm³/mol. The second-order valence-corrected chi connectivity index (χ2v) is 7.67. The third-order valence-corrected chi connectivity index (χ3v) is 5.81. The van der Waals surface area contributed by atoms with Gasteiger partial charge in [0.1, 0.15) is 5.92 Å². The second-order valence-electron chi connectivity index (χ2n) is 6.82. The van der Waals surface area contributed by atoms with Crippen LogP contribution in [0.25, 0.3) is 0 Å². The molecular weight excluding hydrogens is 387 g/mol. The molecule has 0 saturated carbocycles. The molecule has 1 fully saturated rings. The number of hydrazine groups is 1. The van der Waals surface area contributed by atoms with Crippen LogP contribution >= 0.6 is 23.2 Å². The van der Waals surface area contributed by atoms with Gasteiger partial charge in [-0.15, -0.1) is 0 Å². The number of carbonyl (C=O) groups is 2. The molecule has 140 valence electrons. The van der Waals surface area contributed by atoms with E-state index in [1.165, 1.54) is 0 Å². The van der Waals surface area contributed by atoms with E-state index in [2.05, 4.69) is 0 Å². The zero-order chi connectivity index (χ0) is 19.1. The molecule has 27 heavy (non-hydrogen) atoms. The van der Waals surface area contributed by atoms with Crippen LogP contribution < -0.4 is 0 Å². The predicted octanol–water partition coefficient (Wildman–Crippen LogP) is 4.37. The molecular formula is C20H18Cl2N2O3. The lowest BCUT2D eigenvalue weighted by Gasteiger charge is -2.45. The van der Waals surface area contributed by atoms with Crippen molar-refractivity contribution in [2.75, 3.05) is 13.1 Å². The van der Waals surface area contributed by atoms with Gasteiger partial charge in [-0.2, -0.15) is 0 Å². The van der Waals surface area contributed by atoms with Crippen molar-refractivity contribution in [1.29, 1.82) is 0 Å². The molecule has 2 atom stereocenters. The molecule has 2 aliphatic heterocycles. The van der Waals surface area contributed by atoms with Gasteiger partial charge in [0.05, 0.1) is 6.04 Å². The Bertz CT molecular complexity index is 912. The summed E-state index contributed by atoms with van der Waals surface area (Å²) in [6.07, 6.45) is 1.93. The Morgan fingerprint density at radius 2 is 1.74 bits per heavy atom. The molecule has 1 saturated heterocycles. The lowest BCUT2D eigenvalue weighted by Crippen LogP contribution is -2.53. The molecule has 0 spiro atoms. The minimum Gasteiger partial charge on any atom is -0.481 e. The summed E-state index contributed by atoms with van der Waals surface area (Å²) in [5.74, 6) is -2.10. The molecule has 2 aliphatic rings. The number of carbonyl (C=O) groups excluding carboxylic acids is 1. The Morgan fingerprint density at radius 3 is 2.41 bits per heavy atom. The number of carboxylic acid groups (broad SMARTS) is 1. The molecule has 2 heterocycles. The Kier molecular flexibility index (Phi) is 4.84. The van der Waals surface area contributed by atoms with Crippen LogP contribution in [0.1, 0.15) is 46.3 Å². The normalized spacial score (nSPS) is 22.7. The van der Waals surface area contributed by atoms with Crippen LogP contribution in [0.5, 0.6) is 0 Å². The maximum atomic E-state index is 13.4. The third-order valence-electron chi connectivity index (χ3n) is 5.25. The Hall–Kier alpha value is -2.08. The first-order valence-corrected chi connectivity index (χ1v) is 9.59. The van der Waals surface area contributed by atoms with Crippen LogP contribution in [0.3, 0.4) is 0 Å². The molecule has 0 aromatic heterocycles. The van der Waals surface area contributed by atoms with Gasteiger partial charge >= 0.3 is 5.97 Å². The molecule has 0 radical (unpaired) electrons. The Balaban J connectivity index is 1.94. The van der Waals surface area contributed by atoms with Crippen molar-refractivity contribution in [3.63, 3.8) is 0 Å². The number of carboxylic acids is 1. The number of hydrogen-bond donors (Lipinski definition) is 1. The van der Waals surface area contributed by atoms with E-state index >= 15 is 0 Å². The zero-order valence-electron chi connectivity index (χ0n) is 14.4. The van der Waals surface area contributed by atoms with Gasteiger partial charge in [-0.3, -0.25) is 14.6 Å². The average molecular weight is 405 g/mol. The van der Waals surface area contributed by atoms with Crippen LogP contribution in [-0.4, -0.2) is 40.1 Å². The van der Waals surface area contributed by atoms with Crippen molar-refractivity contribution in [3.05, 3.63) is 69.2 Å². The quantitative estimate of drug-likeness (QED) is 0.824. The average Bonchev–Trinajstić information content (AvgIpc) is 3.15. The number of nitrogens with zero attached hydrogens (tertiary/aromatic N) is 2. The highest BCUT2D eigenvalue weighted by Gasteiger charge is 2.47. The monoisotopic (exact) mass is 404 g/mol. The van der Waals surface area contributed by atoms with E-state index in [0.29, 0.717) is 39.8 Å². The fraction of sp³-hybridized carbons (Fsp3) is 0.300. The van der Waals surface area contributed by atoms with E-state index in [-0.39, 0.29) is 5.91 Å². The van der Waals surface area contributed by atoms with Gasteiger partial charge in [0.25, 0.3) is 5.91 Å². The largest absolute Gasteiger partial charge is 0.481 e.